The van der Waals surface area contributed by atoms with Crippen LogP contribution >= 0.6 is 11.6 Å². The van der Waals surface area contributed by atoms with Crippen LogP contribution in [-0.4, -0.2) is 10.0 Å². The standard InChI is InChI=1S/C21H13ClN2O4/c22-14-6-9-20-16(10-14)18(12-21(28-20)13-4-2-1-3-5-13)23-17-8-7-15(24(26)27)11-19(17)25/h1-12,25H. The van der Waals surface area contributed by atoms with Gasteiger partial charge in [0.1, 0.15) is 22.8 Å². The summed E-state index contributed by atoms with van der Waals surface area (Å²) < 4.78 is 5.99. The second-order valence-electron chi connectivity index (χ2n) is 6.04. The molecule has 0 amide bonds. The minimum absolute atomic E-state index is 0.206. The van der Waals surface area contributed by atoms with Gasteiger partial charge >= 0.3 is 0 Å². The number of rotatable bonds is 3. The lowest BCUT2D eigenvalue weighted by Gasteiger charge is -2.06. The summed E-state index contributed by atoms with van der Waals surface area (Å²) in [4.78, 5) is 14.8. The second kappa shape index (κ2) is 7.17. The van der Waals surface area contributed by atoms with Gasteiger partial charge in [0.15, 0.2) is 0 Å². The van der Waals surface area contributed by atoms with Crippen molar-refractivity contribution in [2.75, 3.05) is 0 Å². The summed E-state index contributed by atoms with van der Waals surface area (Å²) in [7, 11) is 0. The maximum atomic E-state index is 10.9. The highest BCUT2D eigenvalue weighted by atomic mass is 35.5. The van der Waals surface area contributed by atoms with Gasteiger partial charge in [-0.15, -0.1) is 0 Å². The third-order valence-corrected chi connectivity index (χ3v) is 4.41. The molecule has 0 unspecified atom stereocenters. The van der Waals surface area contributed by atoms with Crippen LogP contribution in [0.2, 0.25) is 5.02 Å². The first-order valence-corrected chi connectivity index (χ1v) is 8.70. The summed E-state index contributed by atoms with van der Waals surface area (Å²) in [5, 5.41) is 22.7. The molecular formula is C21H13ClN2O4. The Hall–Kier alpha value is -3.64. The van der Waals surface area contributed by atoms with E-state index in [1.807, 2.05) is 30.3 Å². The van der Waals surface area contributed by atoms with Crippen LogP contribution in [0, 0.1) is 10.1 Å². The van der Waals surface area contributed by atoms with Crippen LogP contribution in [0.4, 0.5) is 11.4 Å². The molecule has 0 aliphatic rings. The van der Waals surface area contributed by atoms with Crippen LogP contribution < -0.4 is 5.36 Å². The molecule has 28 heavy (non-hydrogen) atoms. The molecule has 0 aliphatic carbocycles. The molecule has 0 saturated carbocycles. The first-order valence-electron chi connectivity index (χ1n) is 8.32. The predicted octanol–water partition coefficient (Wildman–Crippen LogP) is 5.60. The minimum atomic E-state index is -0.576. The van der Waals surface area contributed by atoms with Crippen molar-refractivity contribution in [2.45, 2.75) is 0 Å². The zero-order valence-corrected chi connectivity index (χ0v) is 15.1. The number of aromatic hydroxyl groups is 1. The Balaban J connectivity index is 1.98. The number of nitro benzene ring substituents is 1. The molecule has 3 aromatic carbocycles. The zero-order chi connectivity index (χ0) is 19.7. The molecule has 1 aromatic heterocycles. The van der Waals surface area contributed by atoms with E-state index in [-0.39, 0.29) is 17.1 Å². The molecule has 0 radical (unpaired) electrons. The van der Waals surface area contributed by atoms with Crippen molar-refractivity contribution in [3.05, 3.63) is 93.3 Å². The molecule has 1 N–H and O–H groups in total. The number of non-ortho nitro benzene ring substituents is 1. The number of nitro groups is 1. The van der Waals surface area contributed by atoms with Gasteiger partial charge in [0, 0.05) is 28.1 Å². The minimum Gasteiger partial charge on any atom is -0.505 e. The van der Waals surface area contributed by atoms with Crippen molar-refractivity contribution in [3.8, 4) is 17.1 Å². The van der Waals surface area contributed by atoms with Crippen LogP contribution in [0.25, 0.3) is 22.3 Å². The monoisotopic (exact) mass is 392 g/mol. The van der Waals surface area contributed by atoms with Gasteiger partial charge in [0.2, 0.25) is 0 Å². The van der Waals surface area contributed by atoms with Crippen molar-refractivity contribution >= 4 is 33.9 Å². The molecule has 138 valence electrons. The first kappa shape index (κ1) is 17.8. The maximum Gasteiger partial charge on any atom is 0.273 e. The smallest absolute Gasteiger partial charge is 0.273 e. The highest BCUT2D eigenvalue weighted by Crippen LogP contribution is 2.31. The SMILES string of the molecule is O=[N+]([O-])c1ccc(N=c2cc(-c3ccccc3)oc3ccc(Cl)cc23)c(O)c1. The van der Waals surface area contributed by atoms with Gasteiger partial charge in [-0.05, 0) is 24.3 Å². The number of hydrogen-bond acceptors (Lipinski definition) is 5. The first-order chi connectivity index (χ1) is 13.5. The van der Waals surface area contributed by atoms with Crippen LogP contribution in [-0.2, 0) is 0 Å². The lowest BCUT2D eigenvalue weighted by atomic mass is 10.1. The maximum absolute atomic E-state index is 10.9. The largest absolute Gasteiger partial charge is 0.505 e. The van der Waals surface area contributed by atoms with Gasteiger partial charge in [-0.3, -0.25) is 10.1 Å². The molecule has 0 bridgehead atoms. The summed E-state index contributed by atoms with van der Waals surface area (Å²) in [6, 6.07) is 20.2. The summed E-state index contributed by atoms with van der Waals surface area (Å²) in [6.07, 6.45) is 0. The molecule has 0 spiro atoms. The van der Waals surface area contributed by atoms with E-state index in [9.17, 15) is 15.2 Å². The highest BCUT2D eigenvalue weighted by molar-refractivity contribution is 6.31. The highest BCUT2D eigenvalue weighted by Gasteiger charge is 2.11. The second-order valence-corrected chi connectivity index (χ2v) is 6.48. The lowest BCUT2D eigenvalue weighted by Crippen LogP contribution is -2.03. The van der Waals surface area contributed by atoms with Gasteiger partial charge in [-0.2, -0.15) is 0 Å². The van der Waals surface area contributed by atoms with E-state index in [2.05, 4.69) is 4.99 Å². The Morgan fingerprint density at radius 3 is 2.50 bits per heavy atom. The Bertz CT molecular complexity index is 1270. The van der Waals surface area contributed by atoms with Crippen LogP contribution in [0.3, 0.4) is 0 Å². The van der Waals surface area contributed by atoms with Crippen LogP contribution in [0.5, 0.6) is 5.75 Å². The Labute approximate surface area is 164 Å². The number of hydrogen-bond donors (Lipinski definition) is 1. The fraction of sp³-hybridized carbons (Fsp3) is 0. The van der Waals surface area contributed by atoms with Crippen LogP contribution in [0.1, 0.15) is 0 Å². The average molecular weight is 393 g/mol. The van der Waals surface area contributed by atoms with E-state index in [1.54, 1.807) is 24.3 Å². The zero-order valence-electron chi connectivity index (χ0n) is 14.4. The quantitative estimate of drug-likeness (QED) is 0.363. The summed E-state index contributed by atoms with van der Waals surface area (Å²) >= 11 is 6.13. The summed E-state index contributed by atoms with van der Waals surface area (Å²) in [5.41, 5.74) is 1.43. The molecular weight excluding hydrogens is 380 g/mol. The van der Waals surface area contributed by atoms with Crippen molar-refractivity contribution in [1.29, 1.82) is 0 Å². The van der Waals surface area contributed by atoms with E-state index in [4.69, 9.17) is 16.0 Å². The van der Waals surface area contributed by atoms with E-state index >= 15 is 0 Å². The van der Waals surface area contributed by atoms with E-state index in [0.29, 0.717) is 27.1 Å². The fourth-order valence-corrected chi connectivity index (χ4v) is 3.00. The Morgan fingerprint density at radius 1 is 1.00 bits per heavy atom. The lowest BCUT2D eigenvalue weighted by molar-refractivity contribution is -0.384. The van der Waals surface area contributed by atoms with Gasteiger partial charge in [0.25, 0.3) is 5.69 Å². The molecule has 4 rings (SSSR count). The van der Waals surface area contributed by atoms with Gasteiger partial charge in [0.05, 0.1) is 16.3 Å². The van der Waals surface area contributed by atoms with E-state index in [1.165, 1.54) is 12.1 Å². The molecule has 0 atom stereocenters. The van der Waals surface area contributed by atoms with Crippen molar-refractivity contribution in [2.24, 2.45) is 4.99 Å². The van der Waals surface area contributed by atoms with E-state index in [0.717, 1.165) is 11.6 Å². The predicted molar refractivity (Wildman–Crippen MR) is 107 cm³/mol. The molecule has 0 saturated heterocycles. The van der Waals surface area contributed by atoms with Crippen molar-refractivity contribution < 1.29 is 14.4 Å². The number of phenolic OH excluding ortho intramolecular Hbond substituents is 1. The van der Waals surface area contributed by atoms with Crippen molar-refractivity contribution in [1.82, 2.24) is 0 Å². The number of phenols is 1. The molecule has 0 fully saturated rings. The summed E-state index contributed by atoms with van der Waals surface area (Å²) in [5.74, 6) is 0.307. The number of halogens is 1. The van der Waals surface area contributed by atoms with Crippen molar-refractivity contribution in [3.63, 3.8) is 0 Å². The Kier molecular flexibility index (Phi) is 4.55. The van der Waals surface area contributed by atoms with Gasteiger partial charge in [-0.25, -0.2) is 4.99 Å². The normalized spacial score (nSPS) is 11.7. The molecule has 4 aromatic rings. The van der Waals surface area contributed by atoms with E-state index < -0.39 is 4.92 Å². The number of fused-ring (bicyclic) bond motifs is 1. The molecule has 0 aliphatic heterocycles. The number of benzene rings is 3. The topological polar surface area (TPSA) is 88.9 Å². The average Bonchev–Trinajstić information content (AvgIpc) is 2.70. The molecule has 7 heteroatoms. The fourth-order valence-electron chi connectivity index (χ4n) is 2.83. The van der Waals surface area contributed by atoms with Crippen LogP contribution in [0.15, 0.2) is 82.2 Å². The Morgan fingerprint density at radius 2 is 1.79 bits per heavy atom. The molecule has 1 heterocycles. The summed E-state index contributed by atoms with van der Waals surface area (Å²) in [6.45, 7) is 0. The third-order valence-electron chi connectivity index (χ3n) is 4.17. The third kappa shape index (κ3) is 3.45. The number of nitrogens with zero attached hydrogens (tertiary/aromatic N) is 2. The van der Waals surface area contributed by atoms with Gasteiger partial charge < -0.3 is 9.52 Å². The van der Waals surface area contributed by atoms with Gasteiger partial charge in [-0.1, -0.05) is 41.9 Å². The molecule has 6 nitrogen and oxygen atoms in total.